The minimum atomic E-state index is -1.07. The first-order valence-corrected chi connectivity index (χ1v) is 5.51. The molecule has 0 saturated heterocycles. The number of esters is 1. The molecule has 0 bridgehead atoms. The molecule has 5 nitrogen and oxygen atoms in total. The molecule has 0 fully saturated rings. The van der Waals surface area contributed by atoms with Crippen LogP contribution >= 0.6 is 0 Å². The number of aliphatic hydroxyl groups excluding tert-OH is 2. The van der Waals surface area contributed by atoms with Gasteiger partial charge in [-0.25, -0.2) is 4.79 Å². The summed E-state index contributed by atoms with van der Waals surface area (Å²) in [6.45, 7) is -0.718. The second-order valence-electron chi connectivity index (χ2n) is 3.51. The van der Waals surface area contributed by atoms with Crippen molar-refractivity contribution in [2.75, 3.05) is 13.2 Å². The van der Waals surface area contributed by atoms with Gasteiger partial charge < -0.3 is 19.7 Å². The fourth-order valence-electron chi connectivity index (χ4n) is 1.09. The first-order valence-electron chi connectivity index (χ1n) is 5.51. The lowest BCUT2D eigenvalue weighted by Gasteiger charge is -2.13. The van der Waals surface area contributed by atoms with Gasteiger partial charge in [0.25, 0.3) is 0 Å². The molecule has 1 aliphatic heterocycles. The Hall–Kier alpha value is -1.85. The van der Waals surface area contributed by atoms with Gasteiger partial charge in [-0.1, -0.05) is 30.4 Å². The Bertz CT molecular complexity index is 368. The average Bonchev–Trinajstić information content (AvgIpc) is 2.41. The Labute approximate surface area is 105 Å². The van der Waals surface area contributed by atoms with Crippen LogP contribution in [0.4, 0.5) is 0 Å². The van der Waals surface area contributed by atoms with Crippen molar-refractivity contribution in [2.24, 2.45) is 0 Å². The van der Waals surface area contributed by atoms with Gasteiger partial charge in [-0.3, -0.25) is 0 Å². The standard InChI is InChI=1S/C13H16O5/c14-9-11(15)10-18-13(16)12-7-5-3-1-2-4-6-8-17-12/h1-8,11-12,14-15H,9-10H2. The van der Waals surface area contributed by atoms with E-state index in [1.807, 2.05) is 12.2 Å². The van der Waals surface area contributed by atoms with E-state index >= 15 is 0 Å². The van der Waals surface area contributed by atoms with Gasteiger partial charge in [0, 0.05) is 0 Å². The summed E-state index contributed by atoms with van der Waals surface area (Å²) in [6.07, 6.45) is 11.4. The number of ether oxygens (including phenoxy) is 2. The Morgan fingerprint density at radius 1 is 1.22 bits per heavy atom. The summed E-state index contributed by atoms with van der Waals surface area (Å²) in [4.78, 5) is 11.6. The Morgan fingerprint density at radius 3 is 2.61 bits per heavy atom. The van der Waals surface area contributed by atoms with Gasteiger partial charge in [-0.05, 0) is 12.2 Å². The third-order valence-corrected chi connectivity index (χ3v) is 2.01. The number of carbonyl (C=O) groups is 1. The number of allylic oxidation sites excluding steroid dienone is 6. The van der Waals surface area contributed by atoms with Crippen LogP contribution in [0.3, 0.4) is 0 Å². The molecule has 1 heterocycles. The lowest BCUT2D eigenvalue weighted by molar-refractivity contribution is -0.154. The molecular formula is C13H16O5. The zero-order chi connectivity index (χ0) is 13.2. The fraction of sp³-hybridized carbons (Fsp3) is 0.308. The molecule has 0 spiro atoms. The summed E-state index contributed by atoms with van der Waals surface area (Å²) in [5.74, 6) is -0.624. The van der Waals surface area contributed by atoms with Crippen LogP contribution < -0.4 is 0 Å². The summed E-state index contributed by atoms with van der Waals surface area (Å²) >= 11 is 0. The van der Waals surface area contributed by atoms with Crippen LogP contribution in [-0.2, 0) is 14.3 Å². The largest absolute Gasteiger partial charge is 0.482 e. The number of aliphatic hydroxyl groups is 2. The van der Waals surface area contributed by atoms with E-state index in [9.17, 15) is 4.79 Å². The average molecular weight is 252 g/mol. The van der Waals surface area contributed by atoms with Crippen molar-refractivity contribution in [3.63, 3.8) is 0 Å². The molecule has 1 rings (SSSR count). The minimum absolute atomic E-state index is 0.261. The van der Waals surface area contributed by atoms with Gasteiger partial charge in [0.15, 0.2) is 0 Å². The summed E-state index contributed by atoms with van der Waals surface area (Å²) in [5.41, 5.74) is 0. The Balaban J connectivity index is 2.54. The number of hydrogen-bond acceptors (Lipinski definition) is 5. The Kier molecular flexibility index (Phi) is 6.53. The molecule has 2 N–H and O–H groups in total. The van der Waals surface area contributed by atoms with Gasteiger partial charge in [0.05, 0.1) is 12.9 Å². The van der Waals surface area contributed by atoms with Crippen LogP contribution in [0.2, 0.25) is 0 Å². The molecule has 0 radical (unpaired) electrons. The highest BCUT2D eigenvalue weighted by Crippen LogP contribution is 2.02. The number of carbonyl (C=O) groups excluding carboxylic acids is 1. The maximum Gasteiger partial charge on any atom is 0.351 e. The topological polar surface area (TPSA) is 76.0 Å². The van der Waals surface area contributed by atoms with Crippen LogP contribution in [0, 0.1) is 0 Å². The molecule has 0 aromatic heterocycles. The molecule has 0 aliphatic carbocycles. The van der Waals surface area contributed by atoms with Crippen LogP contribution in [0.5, 0.6) is 0 Å². The predicted molar refractivity (Wildman–Crippen MR) is 65.5 cm³/mol. The van der Waals surface area contributed by atoms with Gasteiger partial charge in [-0.2, -0.15) is 0 Å². The zero-order valence-corrected chi connectivity index (χ0v) is 9.81. The molecule has 0 aromatic rings. The highest BCUT2D eigenvalue weighted by Gasteiger charge is 2.18. The summed E-state index contributed by atoms with van der Waals surface area (Å²) in [7, 11) is 0. The lowest BCUT2D eigenvalue weighted by Crippen LogP contribution is -2.28. The van der Waals surface area contributed by atoms with Crippen molar-refractivity contribution in [1.82, 2.24) is 0 Å². The number of hydrogen-bond donors (Lipinski definition) is 2. The molecule has 1 aliphatic rings. The Morgan fingerprint density at radius 2 is 1.89 bits per heavy atom. The summed E-state index contributed by atoms with van der Waals surface area (Å²) < 4.78 is 9.98. The normalized spacial score (nSPS) is 20.2. The van der Waals surface area contributed by atoms with Crippen molar-refractivity contribution < 1.29 is 24.5 Å². The van der Waals surface area contributed by atoms with Crippen LogP contribution in [0.15, 0.2) is 48.8 Å². The quantitative estimate of drug-likeness (QED) is 0.711. The van der Waals surface area contributed by atoms with E-state index in [1.165, 1.54) is 12.3 Å². The first-order chi connectivity index (χ1) is 8.74. The van der Waals surface area contributed by atoms with Crippen molar-refractivity contribution in [2.45, 2.75) is 12.2 Å². The van der Waals surface area contributed by atoms with E-state index in [-0.39, 0.29) is 6.61 Å². The molecule has 0 aromatic carbocycles. The van der Waals surface area contributed by atoms with Gasteiger partial charge >= 0.3 is 5.97 Å². The van der Waals surface area contributed by atoms with Crippen LogP contribution in [0.1, 0.15) is 0 Å². The molecule has 2 unspecified atom stereocenters. The van der Waals surface area contributed by atoms with Gasteiger partial charge in [0.1, 0.15) is 12.7 Å². The van der Waals surface area contributed by atoms with Crippen molar-refractivity contribution >= 4 is 5.97 Å². The van der Waals surface area contributed by atoms with E-state index < -0.39 is 24.8 Å². The SMILES string of the molecule is O=C(OCC(O)CO)C1C=CC=CC=CC=CO1. The van der Waals surface area contributed by atoms with E-state index in [1.54, 1.807) is 24.3 Å². The predicted octanol–water partition coefficient (Wildman–Crippen LogP) is 0.464. The van der Waals surface area contributed by atoms with E-state index in [0.29, 0.717) is 0 Å². The van der Waals surface area contributed by atoms with E-state index in [0.717, 1.165) is 0 Å². The fourth-order valence-corrected chi connectivity index (χ4v) is 1.09. The minimum Gasteiger partial charge on any atom is -0.482 e. The van der Waals surface area contributed by atoms with Gasteiger partial charge in [-0.15, -0.1) is 0 Å². The smallest absolute Gasteiger partial charge is 0.351 e. The monoisotopic (exact) mass is 252 g/mol. The maximum absolute atomic E-state index is 11.6. The third kappa shape index (κ3) is 5.47. The molecule has 0 saturated carbocycles. The van der Waals surface area contributed by atoms with Crippen LogP contribution in [-0.4, -0.2) is 41.6 Å². The van der Waals surface area contributed by atoms with E-state index in [2.05, 4.69) is 0 Å². The summed E-state index contributed by atoms with van der Waals surface area (Å²) in [5, 5.41) is 17.7. The highest BCUT2D eigenvalue weighted by molar-refractivity contribution is 5.77. The van der Waals surface area contributed by atoms with Crippen molar-refractivity contribution in [1.29, 1.82) is 0 Å². The molecule has 2 atom stereocenters. The zero-order valence-electron chi connectivity index (χ0n) is 9.81. The molecule has 98 valence electrons. The van der Waals surface area contributed by atoms with Crippen molar-refractivity contribution in [3.8, 4) is 0 Å². The van der Waals surface area contributed by atoms with Crippen molar-refractivity contribution in [3.05, 3.63) is 48.8 Å². The number of rotatable bonds is 4. The molecule has 18 heavy (non-hydrogen) atoms. The third-order valence-electron chi connectivity index (χ3n) is 2.01. The second kappa shape index (κ2) is 8.27. The molecular weight excluding hydrogens is 236 g/mol. The summed E-state index contributed by atoms with van der Waals surface area (Å²) in [6, 6.07) is 0. The maximum atomic E-state index is 11.6. The molecule has 5 heteroatoms. The lowest BCUT2D eigenvalue weighted by atomic mass is 10.3. The van der Waals surface area contributed by atoms with Gasteiger partial charge in [0.2, 0.25) is 6.10 Å². The second-order valence-corrected chi connectivity index (χ2v) is 3.51. The van der Waals surface area contributed by atoms with Crippen LogP contribution in [0.25, 0.3) is 0 Å². The van der Waals surface area contributed by atoms with E-state index in [4.69, 9.17) is 19.7 Å². The highest BCUT2D eigenvalue weighted by atomic mass is 16.6. The molecule has 0 amide bonds. The first kappa shape index (κ1) is 14.2.